The molecule has 8 nitrogen and oxygen atoms in total. The maximum absolute atomic E-state index is 12.9. The van der Waals surface area contributed by atoms with E-state index < -0.39 is 0 Å². The molecule has 4 N–H and O–H groups in total. The van der Waals surface area contributed by atoms with Gasteiger partial charge in [0.2, 0.25) is 0 Å². The SMILES string of the molecule is CO[C@@H]1C[C@H](CO)N(C(=O)c2ccc(N/C=C(\C=N)c3cc4ccccc4[nH]c3=O)cc2)C1. The van der Waals surface area contributed by atoms with Crippen molar-refractivity contribution >= 4 is 34.3 Å². The molecular weight excluding hydrogens is 420 g/mol. The van der Waals surface area contributed by atoms with Crippen LogP contribution < -0.4 is 10.9 Å². The van der Waals surface area contributed by atoms with E-state index in [4.69, 9.17) is 10.1 Å². The molecule has 1 aliphatic rings. The molecule has 1 amide bonds. The normalized spacial score (nSPS) is 18.5. The van der Waals surface area contributed by atoms with Crippen LogP contribution in [0.15, 0.2) is 65.6 Å². The van der Waals surface area contributed by atoms with E-state index in [-0.39, 0.29) is 30.2 Å². The maximum Gasteiger partial charge on any atom is 0.256 e. The number of likely N-dealkylation sites (tertiary alicyclic amines) is 1. The molecule has 3 aromatic rings. The molecule has 0 radical (unpaired) electrons. The van der Waals surface area contributed by atoms with Crippen molar-refractivity contribution in [2.45, 2.75) is 18.6 Å². The lowest BCUT2D eigenvalue weighted by Crippen LogP contribution is -2.38. The van der Waals surface area contributed by atoms with Crippen LogP contribution in [0.3, 0.4) is 0 Å². The molecule has 0 unspecified atom stereocenters. The molecule has 1 saturated heterocycles. The molecule has 0 aliphatic carbocycles. The van der Waals surface area contributed by atoms with Gasteiger partial charge in [0, 0.05) is 48.4 Å². The van der Waals surface area contributed by atoms with Crippen molar-refractivity contribution in [3.63, 3.8) is 0 Å². The van der Waals surface area contributed by atoms with Gasteiger partial charge in [-0.2, -0.15) is 0 Å². The molecule has 0 bridgehead atoms. The molecule has 2 atom stereocenters. The predicted octanol–water partition coefficient (Wildman–Crippen LogP) is 2.85. The summed E-state index contributed by atoms with van der Waals surface area (Å²) in [7, 11) is 1.61. The van der Waals surface area contributed by atoms with Gasteiger partial charge in [-0.3, -0.25) is 9.59 Å². The van der Waals surface area contributed by atoms with E-state index in [0.29, 0.717) is 35.4 Å². The number of fused-ring (bicyclic) bond motifs is 1. The quantitative estimate of drug-likeness (QED) is 0.416. The number of hydrogen-bond acceptors (Lipinski definition) is 6. The standard InChI is InChI=1S/C25H26N4O4/c1-33-21-11-20(15-30)29(14-21)25(32)16-6-8-19(9-7-16)27-13-18(12-26)22-10-17-4-2-3-5-23(17)28-24(22)31/h2-10,12-13,20-21,26-27,30H,11,14-15H2,1H3,(H,28,31)/b18-13+,26-12?/t20-,21-/m1/s1. The molecule has 8 heteroatoms. The average molecular weight is 447 g/mol. The van der Waals surface area contributed by atoms with Crippen LogP contribution in [0.5, 0.6) is 0 Å². The monoisotopic (exact) mass is 446 g/mol. The fourth-order valence-electron chi connectivity index (χ4n) is 4.06. The number of allylic oxidation sites excluding steroid dienone is 1. The minimum absolute atomic E-state index is 0.0741. The van der Waals surface area contributed by atoms with Crippen molar-refractivity contribution < 1.29 is 14.6 Å². The lowest BCUT2D eigenvalue weighted by Gasteiger charge is -2.22. The highest BCUT2D eigenvalue weighted by molar-refractivity contribution is 6.09. The van der Waals surface area contributed by atoms with Crippen LogP contribution in [-0.2, 0) is 4.74 Å². The molecule has 33 heavy (non-hydrogen) atoms. The topological polar surface area (TPSA) is 119 Å². The Labute approximate surface area is 191 Å². The molecule has 0 saturated carbocycles. The Balaban J connectivity index is 1.50. The highest BCUT2D eigenvalue weighted by atomic mass is 16.5. The summed E-state index contributed by atoms with van der Waals surface area (Å²) in [6.07, 6.45) is 3.26. The number of anilines is 1. The Hall–Kier alpha value is -3.75. The third-order valence-corrected chi connectivity index (χ3v) is 5.93. The van der Waals surface area contributed by atoms with Gasteiger partial charge >= 0.3 is 0 Å². The molecule has 2 aromatic carbocycles. The average Bonchev–Trinajstić information content (AvgIpc) is 3.28. The van der Waals surface area contributed by atoms with Crippen molar-refractivity contribution in [1.29, 1.82) is 5.41 Å². The minimum atomic E-state index is -0.274. The van der Waals surface area contributed by atoms with Crippen LogP contribution in [0.2, 0.25) is 0 Å². The van der Waals surface area contributed by atoms with Crippen molar-refractivity contribution in [2.24, 2.45) is 0 Å². The van der Waals surface area contributed by atoms with Gasteiger partial charge in [-0.05, 0) is 48.2 Å². The first-order chi connectivity index (χ1) is 16.0. The fourth-order valence-corrected chi connectivity index (χ4v) is 4.06. The largest absolute Gasteiger partial charge is 0.394 e. The third-order valence-electron chi connectivity index (χ3n) is 5.93. The number of aromatic amines is 1. The number of nitrogens with zero attached hydrogens (tertiary/aromatic N) is 1. The number of benzene rings is 2. The van der Waals surface area contributed by atoms with Crippen molar-refractivity contribution in [1.82, 2.24) is 9.88 Å². The molecule has 1 fully saturated rings. The Morgan fingerprint density at radius 1 is 1.27 bits per heavy atom. The van der Waals surface area contributed by atoms with Crippen molar-refractivity contribution in [2.75, 3.05) is 25.6 Å². The van der Waals surface area contributed by atoms with Crippen LogP contribution in [0, 0.1) is 5.41 Å². The summed E-state index contributed by atoms with van der Waals surface area (Å²) in [5.74, 6) is -0.154. The van der Waals surface area contributed by atoms with Crippen LogP contribution in [0.4, 0.5) is 5.69 Å². The number of carbonyl (C=O) groups excluding carboxylic acids is 1. The zero-order valence-electron chi connectivity index (χ0n) is 18.2. The van der Waals surface area contributed by atoms with Gasteiger partial charge in [-0.15, -0.1) is 0 Å². The number of para-hydroxylation sites is 1. The number of nitrogens with one attached hydrogen (secondary N) is 3. The molecule has 1 aliphatic heterocycles. The van der Waals surface area contributed by atoms with Crippen molar-refractivity contribution in [3.05, 3.63) is 82.3 Å². The zero-order chi connectivity index (χ0) is 23.4. The molecule has 4 rings (SSSR count). The number of carbonyl (C=O) groups is 1. The van der Waals surface area contributed by atoms with E-state index in [1.165, 1.54) is 0 Å². The maximum atomic E-state index is 12.9. The molecule has 170 valence electrons. The Kier molecular flexibility index (Phi) is 6.67. The lowest BCUT2D eigenvalue weighted by molar-refractivity contribution is 0.0648. The second kappa shape index (κ2) is 9.81. The van der Waals surface area contributed by atoms with Gasteiger partial charge in [0.15, 0.2) is 0 Å². The van der Waals surface area contributed by atoms with E-state index in [1.807, 2.05) is 24.3 Å². The van der Waals surface area contributed by atoms with E-state index >= 15 is 0 Å². The number of pyridine rings is 1. The van der Waals surface area contributed by atoms with Crippen LogP contribution in [-0.4, -0.2) is 59.5 Å². The fraction of sp³-hybridized carbons (Fsp3) is 0.240. The first kappa shape index (κ1) is 22.4. The molecule has 2 heterocycles. The highest BCUT2D eigenvalue weighted by Gasteiger charge is 2.35. The summed E-state index contributed by atoms with van der Waals surface area (Å²) in [5.41, 5.74) is 2.50. The number of amides is 1. The lowest BCUT2D eigenvalue weighted by atomic mass is 10.1. The number of rotatable bonds is 7. The summed E-state index contributed by atoms with van der Waals surface area (Å²) < 4.78 is 5.35. The van der Waals surface area contributed by atoms with E-state index in [2.05, 4.69) is 10.3 Å². The summed E-state index contributed by atoms with van der Waals surface area (Å²) >= 11 is 0. The number of H-pyrrole nitrogens is 1. The van der Waals surface area contributed by atoms with E-state index in [1.54, 1.807) is 48.5 Å². The van der Waals surface area contributed by atoms with Gasteiger partial charge in [0.25, 0.3) is 11.5 Å². The summed E-state index contributed by atoms with van der Waals surface area (Å²) in [5, 5.41) is 21.3. The van der Waals surface area contributed by atoms with Gasteiger partial charge < -0.3 is 30.5 Å². The summed E-state index contributed by atoms with van der Waals surface area (Å²) in [6.45, 7) is 0.350. The number of aliphatic hydroxyl groups excluding tert-OH is 1. The van der Waals surface area contributed by atoms with Crippen LogP contribution in [0.1, 0.15) is 22.3 Å². The number of aromatic nitrogens is 1. The second-order valence-corrected chi connectivity index (χ2v) is 7.95. The Morgan fingerprint density at radius 2 is 2.03 bits per heavy atom. The smallest absolute Gasteiger partial charge is 0.256 e. The molecule has 0 spiro atoms. The van der Waals surface area contributed by atoms with E-state index in [0.717, 1.165) is 17.1 Å². The Bertz CT molecular complexity index is 1250. The predicted molar refractivity (Wildman–Crippen MR) is 129 cm³/mol. The summed E-state index contributed by atoms with van der Waals surface area (Å²) in [4.78, 5) is 29.9. The summed E-state index contributed by atoms with van der Waals surface area (Å²) in [6, 6.07) is 15.9. The first-order valence-electron chi connectivity index (χ1n) is 10.7. The van der Waals surface area contributed by atoms with E-state index in [9.17, 15) is 14.7 Å². The number of methoxy groups -OCH3 is 1. The number of aliphatic hydroxyl groups is 1. The third kappa shape index (κ3) is 4.72. The minimum Gasteiger partial charge on any atom is -0.394 e. The Morgan fingerprint density at radius 3 is 2.73 bits per heavy atom. The number of hydrogen-bond donors (Lipinski definition) is 4. The van der Waals surface area contributed by atoms with Crippen LogP contribution in [0.25, 0.3) is 16.5 Å². The van der Waals surface area contributed by atoms with Gasteiger partial charge in [-0.1, -0.05) is 18.2 Å². The van der Waals surface area contributed by atoms with Crippen LogP contribution >= 0.6 is 0 Å². The zero-order valence-corrected chi connectivity index (χ0v) is 18.2. The molecular formula is C25H26N4O4. The second-order valence-electron chi connectivity index (χ2n) is 7.95. The van der Waals surface area contributed by atoms with Gasteiger partial charge in [0.05, 0.1) is 24.3 Å². The highest BCUT2D eigenvalue weighted by Crippen LogP contribution is 2.23. The van der Waals surface area contributed by atoms with Gasteiger partial charge in [0.1, 0.15) is 0 Å². The first-order valence-corrected chi connectivity index (χ1v) is 10.7. The molecule has 1 aromatic heterocycles. The number of ether oxygens (including phenoxy) is 1. The van der Waals surface area contributed by atoms with Gasteiger partial charge in [-0.25, -0.2) is 0 Å². The van der Waals surface area contributed by atoms with Crippen molar-refractivity contribution in [3.8, 4) is 0 Å².